The van der Waals surface area contributed by atoms with Crippen molar-refractivity contribution in [3.05, 3.63) is 64.4 Å². The van der Waals surface area contributed by atoms with Gasteiger partial charge in [-0.25, -0.2) is 9.18 Å². The zero-order valence-corrected chi connectivity index (χ0v) is 10.6. The Kier molecular flexibility index (Phi) is 4.02. The van der Waals surface area contributed by atoms with E-state index in [1.165, 1.54) is 24.3 Å². The fourth-order valence-corrected chi connectivity index (χ4v) is 1.88. The second kappa shape index (κ2) is 5.71. The van der Waals surface area contributed by atoms with Gasteiger partial charge in [0.05, 0.1) is 5.56 Å². The van der Waals surface area contributed by atoms with Crippen LogP contribution in [0.4, 0.5) is 10.1 Å². The molecule has 0 aliphatic rings. The van der Waals surface area contributed by atoms with Crippen LogP contribution in [0, 0.1) is 5.82 Å². The molecule has 0 saturated heterocycles. The van der Waals surface area contributed by atoms with E-state index in [1.54, 1.807) is 18.2 Å². The summed E-state index contributed by atoms with van der Waals surface area (Å²) in [6, 6.07) is 10.8. The maximum absolute atomic E-state index is 13.5. The quantitative estimate of drug-likeness (QED) is 0.895. The van der Waals surface area contributed by atoms with Gasteiger partial charge in [-0.1, -0.05) is 23.7 Å². The molecule has 0 spiro atoms. The molecular formula is C14H11ClFNO2. The maximum Gasteiger partial charge on any atom is 0.335 e. The number of hydrogen-bond acceptors (Lipinski definition) is 2. The zero-order valence-electron chi connectivity index (χ0n) is 9.86. The molecule has 0 unspecified atom stereocenters. The van der Waals surface area contributed by atoms with Gasteiger partial charge in [0.1, 0.15) is 5.82 Å². The van der Waals surface area contributed by atoms with Gasteiger partial charge >= 0.3 is 5.97 Å². The topological polar surface area (TPSA) is 49.3 Å². The first kappa shape index (κ1) is 13.4. The molecule has 0 aliphatic carbocycles. The molecule has 0 aliphatic heterocycles. The van der Waals surface area contributed by atoms with E-state index >= 15 is 0 Å². The highest BCUT2D eigenvalue weighted by Gasteiger charge is 2.07. The van der Waals surface area contributed by atoms with E-state index in [-0.39, 0.29) is 12.1 Å². The van der Waals surface area contributed by atoms with Gasteiger partial charge in [-0.15, -0.1) is 0 Å². The van der Waals surface area contributed by atoms with Gasteiger partial charge in [-0.2, -0.15) is 0 Å². The molecule has 0 fully saturated rings. The number of rotatable bonds is 4. The van der Waals surface area contributed by atoms with Crippen molar-refractivity contribution in [2.24, 2.45) is 0 Å². The third-order valence-corrected chi connectivity index (χ3v) is 2.99. The van der Waals surface area contributed by atoms with Crippen LogP contribution in [0.5, 0.6) is 0 Å². The second-order valence-corrected chi connectivity index (χ2v) is 4.35. The number of carbonyl (C=O) groups is 1. The highest BCUT2D eigenvalue weighted by molar-refractivity contribution is 6.31. The van der Waals surface area contributed by atoms with Crippen molar-refractivity contribution in [3.63, 3.8) is 0 Å². The average molecular weight is 280 g/mol. The van der Waals surface area contributed by atoms with Crippen molar-refractivity contribution in [2.75, 3.05) is 5.32 Å². The number of anilines is 1. The van der Waals surface area contributed by atoms with Gasteiger partial charge in [0, 0.05) is 22.8 Å². The Labute approximate surface area is 114 Å². The fourth-order valence-electron chi connectivity index (χ4n) is 1.65. The van der Waals surface area contributed by atoms with Crippen LogP contribution in [0.2, 0.25) is 5.02 Å². The predicted octanol–water partition coefficient (Wildman–Crippen LogP) is 3.79. The van der Waals surface area contributed by atoms with E-state index < -0.39 is 11.8 Å². The highest BCUT2D eigenvalue weighted by Crippen LogP contribution is 2.20. The van der Waals surface area contributed by atoms with Crippen LogP contribution < -0.4 is 5.32 Å². The Morgan fingerprint density at radius 3 is 2.68 bits per heavy atom. The van der Waals surface area contributed by atoms with Crippen LogP contribution in [-0.4, -0.2) is 11.1 Å². The van der Waals surface area contributed by atoms with Crippen molar-refractivity contribution in [1.82, 2.24) is 0 Å². The number of hydrogen-bond donors (Lipinski definition) is 2. The largest absolute Gasteiger partial charge is 0.478 e. The van der Waals surface area contributed by atoms with Crippen LogP contribution in [0.3, 0.4) is 0 Å². The molecule has 0 amide bonds. The van der Waals surface area contributed by atoms with Crippen molar-refractivity contribution in [2.45, 2.75) is 6.54 Å². The van der Waals surface area contributed by atoms with E-state index in [0.29, 0.717) is 16.3 Å². The SMILES string of the molecule is O=C(O)c1cccc(NCc2c(F)cccc2Cl)c1. The van der Waals surface area contributed by atoms with Gasteiger partial charge < -0.3 is 10.4 Å². The van der Waals surface area contributed by atoms with E-state index in [9.17, 15) is 9.18 Å². The van der Waals surface area contributed by atoms with E-state index in [0.717, 1.165) is 0 Å². The minimum atomic E-state index is -1.01. The van der Waals surface area contributed by atoms with Crippen LogP contribution in [-0.2, 0) is 6.54 Å². The summed E-state index contributed by atoms with van der Waals surface area (Å²) in [4.78, 5) is 10.8. The second-order valence-electron chi connectivity index (χ2n) is 3.94. The molecule has 3 nitrogen and oxygen atoms in total. The Bertz CT molecular complexity index is 596. The zero-order chi connectivity index (χ0) is 13.8. The summed E-state index contributed by atoms with van der Waals surface area (Å²) in [5.74, 6) is -1.40. The molecule has 0 heterocycles. The molecule has 0 saturated carbocycles. The Morgan fingerprint density at radius 2 is 2.00 bits per heavy atom. The lowest BCUT2D eigenvalue weighted by Crippen LogP contribution is -2.04. The standard InChI is InChI=1S/C14H11ClFNO2/c15-12-5-2-6-13(16)11(12)8-17-10-4-1-3-9(7-10)14(18)19/h1-7,17H,8H2,(H,18,19). The summed E-state index contributed by atoms with van der Waals surface area (Å²) < 4.78 is 13.5. The van der Waals surface area contributed by atoms with Crippen molar-refractivity contribution in [3.8, 4) is 0 Å². The molecule has 2 aromatic carbocycles. The number of carboxylic acids is 1. The lowest BCUT2D eigenvalue weighted by Gasteiger charge is -2.09. The number of halogens is 2. The smallest absolute Gasteiger partial charge is 0.335 e. The Hall–Kier alpha value is -2.07. The minimum Gasteiger partial charge on any atom is -0.478 e. The van der Waals surface area contributed by atoms with Crippen molar-refractivity contribution in [1.29, 1.82) is 0 Å². The Morgan fingerprint density at radius 1 is 1.26 bits per heavy atom. The normalized spacial score (nSPS) is 10.2. The first-order valence-electron chi connectivity index (χ1n) is 5.58. The first-order valence-corrected chi connectivity index (χ1v) is 5.96. The molecule has 5 heteroatoms. The molecule has 98 valence electrons. The van der Waals surface area contributed by atoms with Crippen molar-refractivity contribution < 1.29 is 14.3 Å². The van der Waals surface area contributed by atoms with Crippen molar-refractivity contribution >= 4 is 23.3 Å². The lowest BCUT2D eigenvalue weighted by atomic mass is 10.1. The number of nitrogens with one attached hydrogen (secondary N) is 1. The highest BCUT2D eigenvalue weighted by atomic mass is 35.5. The lowest BCUT2D eigenvalue weighted by molar-refractivity contribution is 0.0697. The molecule has 2 N–H and O–H groups in total. The molecular weight excluding hydrogens is 269 g/mol. The van der Waals surface area contributed by atoms with Gasteiger partial charge in [-0.3, -0.25) is 0 Å². The third-order valence-electron chi connectivity index (χ3n) is 2.64. The van der Waals surface area contributed by atoms with Crippen LogP contribution in [0.15, 0.2) is 42.5 Å². The molecule has 0 aromatic heterocycles. The molecule has 0 atom stereocenters. The Balaban J connectivity index is 2.15. The summed E-state index contributed by atoms with van der Waals surface area (Å²) >= 11 is 5.90. The first-order chi connectivity index (χ1) is 9.08. The maximum atomic E-state index is 13.5. The van der Waals surface area contributed by atoms with E-state index in [1.807, 2.05) is 0 Å². The fraction of sp³-hybridized carbons (Fsp3) is 0.0714. The predicted molar refractivity (Wildman–Crippen MR) is 72.1 cm³/mol. The van der Waals surface area contributed by atoms with Gasteiger partial charge in [0.2, 0.25) is 0 Å². The van der Waals surface area contributed by atoms with E-state index in [4.69, 9.17) is 16.7 Å². The molecule has 2 rings (SSSR count). The number of benzene rings is 2. The monoisotopic (exact) mass is 279 g/mol. The van der Waals surface area contributed by atoms with Crippen LogP contribution in [0.1, 0.15) is 15.9 Å². The van der Waals surface area contributed by atoms with Gasteiger partial charge in [-0.05, 0) is 30.3 Å². The number of carboxylic acid groups (broad SMARTS) is 1. The molecule has 0 radical (unpaired) electrons. The van der Waals surface area contributed by atoms with Gasteiger partial charge in [0.15, 0.2) is 0 Å². The van der Waals surface area contributed by atoms with E-state index in [2.05, 4.69) is 5.32 Å². The number of aromatic carboxylic acids is 1. The minimum absolute atomic E-state index is 0.171. The summed E-state index contributed by atoms with van der Waals surface area (Å²) in [5, 5.41) is 12.2. The molecule has 19 heavy (non-hydrogen) atoms. The molecule has 0 bridgehead atoms. The van der Waals surface area contributed by atoms with Gasteiger partial charge in [0.25, 0.3) is 0 Å². The summed E-state index contributed by atoms with van der Waals surface area (Å²) in [5.41, 5.74) is 1.12. The summed E-state index contributed by atoms with van der Waals surface area (Å²) in [6.07, 6.45) is 0. The van der Waals surface area contributed by atoms with Crippen LogP contribution >= 0.6 is 11.6 Å². The molecule has 2 aromatic rings. The summed E-state index contributed by atoms with van der Waals surface area (Å²) in [7, 11) is 0. The summed E-state index contributed by atoms with van der Waals surface area (Å²) in [6.45, 7) is 0.189. The van der Waals surface area contributed by atoms with Crippen LogP contribution in [0.25, 0.3) is 0 Å². The third kappa shape index (κ3) is 3.23. The average Bonchev–Trinajstić information content (AvgIpc) is 2.38.